The van der Waals surface area contributed by atoms with Crippen molar-refractivity contribution < 1.29 is 19.1 Å². The van der Waals surface area contributed by atoms with Crippen LogP contribution in [0.2, 0.25) is 18.1 Å². The third-order valence-electron chi connectivity index (χ3n) is 7.05. The number of carbonyl (C=O) groups excluding carboxylic acids is 1. The van der Waals surface area contributed by atoms with Crippen LogP contribution in [0.4, 0.5) is 0 Å². The quantitative estimate of drug-likeness (QED) is 0.551. The normalized spacial score (nSPS) is 25.6. The number of thiazole rings is 1. The number of carboxylic acid groups (broad SMARTS) is 1. The number of nitrogens with zero attached hydrogens (tertiary/aromatic N) is 3. The Kier molecular flexibility index (Phi) is 4.79. The van der Waals surface area contributed by atoms with Crippen LogP contribution in [-0.2, 0) is 14.0 Å². The standard InChI is InChI=1S/C21H29N3O4SSi/c1-11-14(18-22-10-13-23(18)8-9-29-13)17(20(26)27)24-16(11)15(19(24)25)12(2)28-30(6,7)21(3,4)5/h8-12,15-16H,1-7H3,(H,26,27)/t11-,12+,15+,16+/m0/s1. The van der Waals surface area contributed by atoms with E-state index in [1.54, 1.807) is 17.5 Å². The van der Waals surface area contributed by atoms with Gasteiger partial charge in [-0.2, -0.15) is 0 Å². The van der Waals surface area contributed by atoms with Crippen molar-refractivity contribution in [1.29, 1.82) is 0 Å². The largest absolute Gasteiger partial charge is 0.477 e. The van der Waals surface area contributed by atoms with Crippen LogP contribution < -0.4 is 0 Å². The third-order valence-corrected chi connectivity index (χ3v) is 12.4. The second-order valence-corrected chi connectivity index (χ2v) is 15.5. The van der Waals surface area contributed by atoms with Crippen LogP contribution in [0.3, 0.4) is 0 Å². The summed E-state index contributed by atoms with van der Waals surface area (Å²) in [6, 6.07) is -0.218. The molecule has 2 aromatic heterocycles. The Labute approximate surface area is 181 Å². The van der Waals surface area contributed by atoms with Gasteiger partial charge in [-0.1, -0.05) is 27.7 Å². The molecule has 0 spiro atoms. The fourth-order valence-electron chi connectivity index (χ4n) is 4.50. The molecular weight excluding hydrogens is 418 g/mol. The summed E-state index contributed by atoms with van der Waals surface area (Å²) < 4.78 is 8.42. The molecule has 1 N–H and O–H groups in total. The van der Waals surface area contributed by atoms with Crippen molar-refractivity contribution in [2.24, 2.45) is 11.8 Å². The predicted molar refractivity (Wildman–Crippen MR) is 119 cm³/mol. The van der Waals surface area contributed by atoms with E-state index in [0.29, 0.717) is 11.4 Å². The molecule has 0 aliphatic carbocycles. The van der Waals surface area contributed by atoms with Gasteiger partial charge in [-0.15, -0.1) is 11.3 Å². The van der Waals surface area contributed by atoms with Gasteiger partial charge in [0.05, 0.1) is 24.3 Å². The minimum atomic E-state index is -2.06. The number of β-lactam (4-membered cyclic amide) rings is 1. The number of carbonyl (C=O) groups is 2. The minimum absolute atomic E-state index is 0.0328. The Morgan fingerprint density at radius 1 is 1.37 bits per heavy atom. The SMILES string of the molecule is C[C@@H](O[Si](C)(C)C(C)(C)C)[C@H]1C(=O)N2C(C(=O)O)=C(c3ncc4sccn34)[C@H](C)[C@H]12. The van der Waals surface area contributed by atoms with Gasteiger partial charge < -0.3 is 14.4 Å². The molecule has 4 heterocycles. The maximum atomic E-state index is 13.1. The van der Waals surface area contributed by atoms with Crippen LogP contribution in [-0.4, -0.2) is 51.7 Å². The van der Waals surface area contributed by atoms with Crippen LogP contribution in [0.5, 0.6) is 0 Å². The molecule has 4 atom stereocenters. The van der Waals surface area contributed by atoms with Gasteiger partial charge in [0.25, 0.3) is 0 Å². The van der Waals surface area contributed by atoms with E-state index >= 15 is 0 Å². The van der Waals surface area contributed by atoms with Crippen LogP contribution >= 0.6 is 11.3 Å². The Balaban J connectivity index is 1.69. The number of imidazole rings is 1. The van der Waals surface area contributed by atoms with Gasteiger partial charge in [0.2, 0.25) is 5.91 Å². The highest BCUT2D eigenvalue weighted by atomic mass is 32.1. The molecule has 0 unspecified atom stereocenters. The van der Waals surface area contributed by atoms with E-state index in [4.69, 9.17) is 4.43 Å². The van der Waals surface area contributed by atoms with Gasteiger partial charge in [-0.05, 0) is 25.1 Å². The van der Waals surface area contributed by atoms with Crippen molar-refractivity contribution >= 4 is 41.9 Å². The highest BCUT2D eigenvalue weighted by Gasteiger charge is 2.61. The molecule has 7 nitrogen and oxygen atoms in total. The fraction of sp³-hybridized carbons (Fsp3) is 0.571. The Bertz CT molecular complexity index is 1060. The molecule has 0 radical (unpaired) electrons. The minimum Gasteiger partial charge on any atom is -0.477 e. The molecule has 1 amide bonds. The summed E-state index contributed by atoms with van der Waals surface area (Å²) in [6.45, 7) is 14.8. The lowest BCUT2D eigenvalue weighted by Crippen LogP contribution is -2.65. The van der Waals surface area contributed by atoms with E-state index in [-0.39, 0.29) is 40.6 Å². The molecule has 2 aliphatic heterocycles. The monoisotopic (exact) mass is 447 g/mol. The van der Waals surface area contributed by atoms with Gasteiger partial charge in [0, 0.05) is 23.1 Å². The Morgan fingerprint density at radius 2 is 2.03 bits per heavy atom. The van der Waals surface area contributed by atoms with Crippen molar-refractivity contribution in [1.82, 2.24) is 14.3 Å². The van der Waals surface area contributed by atoms with E-state index in [9.17, 15) is 14.7 Å². The van der Waals surface area contributed by atoms with E-state index in [1.165, 1.54) is 4.90 Å². The van der Waals surface area contributed by atoms with E-state index in [0.717, 1.165) is 4.83 Å². The summed E-state index contributed by atoms with van der Waals surface area (Å²) in [7, 11) is -2.06. The maximum absolute atomic E-state index is 13.1. The number of hydrogen-bond donors (Lipinski definition) is 1. The molecule has 9 heteroatoms. The predicted octanol–water partition coefficient (Wildman–Crippen LogP) is 4.08. The van der Waals surface area contributed by atoms with Crippen molar-refractivity contribution in [3.63, 3.8) is 0 Å². The lowest BCUT2D eigenvalue weighted by atomic mass is 9.77. The molecule has 1 fully saturated rings. The van der Waals surface area contributed by atoms with E-state index in [1.807, 2.05) is 29.8 Å². The summed E-state index contributed by atoms with van der Waals surface area (Å²) in [6.07, 6.45) is 3.37. The average Bonchev–Trinajstić information content (AvgIpc) is 3.26. The number of hydrogen-bond acceptors (Lipinski definition) is 5. The maximum Gasteiger partial charge on any atom is 0.353 e. The molecular formula is C21H29N3O4SSi. The van der Waals surface area contributed by atoms with Gasteiger partial charge in [-0.25, -0.2) is 9.78 Å². The van der Waals surface area contributed by atoms with Gasteiger partial charge >= 0.3 is 5.97 Å². The van der Waals surface area contributed by atoms with Crippen molar-refractivity contribution in [3.8, 4) is 0 Å². The molecule has 2 aromatic rings. The second kappa shape index (κ2) is 6.76. The molecule has 2 aliphatic rings. The van der Waals surface area contributed by atoms with Crippen molar-refractivity contribution in [2.45, 2.75) is 64.9 Å². The molecule has 1 saturated heterocycles. The summed E-state index contributed by atoms with van der Waals surface area (Å²) in [5.74, 6) is -1.14. The molecule has 162 valence electrons. The van der Waals surface area contributed by atoms with Crippen molar-refractivity contribution in [2.75, 3.05) is 0 Å². The Morgan fingerprint density at radius 3 is 2.63 bits per heavy atom. The molecule has 0 saturated carbocycles. The number of aliphatic carboxylic acids is 1. The summed E-state index contributed by atoms with van der Waals surface area (Å²) >= 11 is 1.54. The molecule has 4 rings (SSSR count). The molecule has 0 aromatic carbocycles. The lowest BCUT2D eigenvalue weighted by Gasteiger charge is -2.50. The first-order chi connectivity index (χ1) is 13.9. The summed E-state index contributed by atoms with van der Waals surface area (Å²) in [4.78, 5) is 32.2. The van der Waals surface area contributed by atoms with Crippen LogP contribution in [0.25, 0.3) is 10.4 Å². The lowest BCUT2D eigenvalue weighted by molar-refractivity contribution is -0.162. The topological polar surface area (TPSA) is 84.1 Å². The number of rotatable bonds is 5. The zero-order chi connectivity index (χ0) is 22.2. The highest BCUT2D eigenvalue weighted by Crippen LogP contribution is 2.51. The number of amides is 1. The first-order valence-corrected chi connectivity index (χ1v) is 14.0. The van der Waals surface area contributed by atoms with Gasteiger partial charge in [-0.3, -0.25) is 9.20 Å². The van der Waals surface area contributed by atoms with E-state index in [2.05, 4.69) is 38.8 Å². The van der Waals surface area contributed by atoms with Gasteiger partial charge in [0.15, 0.2) is 8.32 Å². The van der Waals surface area contributed by atoms with Crippen LogP contribution in [0.15, 0.2) is 23.5 Å². The van der Waals surface area contributed by atoms with Crippen molar-refractivity contribution in [3.05, 3.63) is 29.3 Å². The first-order valence-electron chi connectivity index (χ1n) is 10.3. The molecule has 30 heavy (non-hydrogen) atoms. The van der Waals surface area contributed by atoms with Crippen LogP contribution in [0.1, 0.15) is 40.4 Å². The number of carboxylic acids is 1. The van der Waals surface area contributed by atoms with Crippen LogP contribution in [0, 0.1) is 11.8 Å². The molecule has 0 bridgehead atoms. The zero-order valence-electron chi connectivity index (χ0n) is 18.5. The average molecular weight is 448 g/mol. The summed E-state index contributed by atoms with van der Waals surface area (Å²) in [5, 5.41) is 11.9. The van der Waals surface area contributed by atoms with E-state index < -0.39 is 14.3 Å². The number of fused-ring (bicyclic) bond motifs is 2. The smallest absolute Gasteiger partial charge is 0.353 e. The highest BCUT2D eigenvalue weighted by molar-refractivity contribution is 7.15. The fourth-order valence-corrected chi connectivity index (χ4v) is 6.63. The Hall–Kier alpha value is -1.97. The zero-order valence-corrected chi connectivity index (χ0v) is 20.3. The number of aromatic nitrogens is 2. The second-order valence-electron chi connectivity index (χ2n) is 9.86. The third kappa shape index (κ3) is 2.90. The van der Waals surface area contributed by atoms with Gasteiger partial charge in [0.1, 0.15) is 16.4 Å². The first kappa shape index (κ1) is 21.3. The summed E-state index contributed by atoms with van der Waals surface area (Å²) in [5.41, 5.74) is 0.688.